The molecule has 0 unspecified atom stereocenters. The van der Waals surface area contributed by atoms with Crippen molar-refractivity contribution in [2.24, 2.45) is 0 Å². The number of thiophene rings is 1. The van der Waals surface area contributed by atoms with Crippen molar-refractivity contribution in [3.63, 3.8) is 0 Å². The Morgan fingerprint density at radius 3 is 1.31 bits per heavy atom. The molecule has 2 aromatic carbocycles. The summed E-state index contributed by atoms with van der Waals surface area (Å²) in [4.78, 5) is 9.79. The van der Waals surface area contributed by atoms with Gasteiger partial charge in [0.1, 0.15) is 0 Å². The Hall–Kier alpha value is -1.24. The van der Waals surface area contributed by atoms with Gasteiger partial charge in [0.2, 0.25) is 0 Å². The first-order valence-corrected chi connectivity index (χ1v) is 12.7. The lowest BCUT2D eigenvalue weighted by Crippen LogP contribution is -2.14. The summed E-state index contributed by atoms with van der Waals surface area (Å²) in [5, 5.41) is 0. The van der Waals surface area contributed by atoms with E-state index < -0.39 is 0 Å². The molecule has 0 saturated carbocycles. The normalized spacial score (nSPS) is 11.5. The Morgan fingerprint density at radius 2 is 0.966 bits per heavy atom. The van der Waals surface area contributed by atoms with Gasteiger partial charge in [-0.15, -0.1) is 34.9 Å². The van der Waals surface area contributed by atoms with Gasteiger partial charge in [0.25, 0.3) is 0 Å². The molecule has 3 aromatic rings. The van der Waals surface area contributed by atoms with E-state index in [0.717, 1.165) is 24.6 Å². The van der Waals surface area contributed by atoms with Gasteiger partial charge in [-0.05, 0) is 75.7 Å². The standard InChI is InChI=1S/C24H30N2S3/c1-25(2)15-17-27-21-9-5-19(6-10-21)23-13-14-24(29-23)20-7-11-22(12-8-20)28-18-16-26(3)4/h5-14H,15-18H2,1-4H3. The van der Waals surface area contributed by atoms with Gasteiger partial charge in [0.05, 0.1) is 0 Å². The highest BCUT2D eigenvalue weighted by Crippen LogP contribution is 2.35. The number of thioether (sulfide) groups is 2. The first kappa shape index (κ1) is 22.4. The Kier molecular flexibility index (Phi) is 8.69. The molecule has 0 saturated heterocycles. The number of rotatable bonds is 10. The molecule has 0 aliphatic heterocycles. The molecule has 29 heavy (non-hydrogen) atoms. The third-order valence-electron chi connectivity index (χ3n) is 4.50. The SMILES string of the molecule is CN(C)CCSc1ccc(-c2ccc(-c3ccc(SCCN(C)C)cc3)s2)cc1. The van der Waals surface area contributed by atoms with E-state index in [1.165, 1.54) is 30.7 Å². The third-order valence-corrected chi connectivity index (χ3v) is 7.67. The molecular weight excluding hydrogens is 412 g/mol. The maximum absolute atomic E-state index is 2.25. The maximum atomic E-state index is 2.25. The van der Waals surface area contributed by atoms with E-state index in [1.54, 1.807) is 0 Å². The third kappa shape index (κ3) is 7.19. The first-order valence-electron chi connectivity index (χ1n) is 9.87. The number of benzene rings is 2. The molecule has 154 valence electrons. The van der Waals surface area contributed by atoms with E-state index in [1.807, 2.05) is 34.9 Å². The fourth-order valence-electron chi connectivity index (χ4n) is 2.77. The van der Waals surface area contributed by atoms with Crippen LogP contribution in [0.5, 0.6) is 0 Å². The zero-order chi connectivity index (χ0) is 20.6. The van der Waals surface area contributed by atoms with E-state index in [2.05, 4.69) is 98.7 Å². The average molecular weight is 443 g/mol. The first-order chi connectivity index (χ1) is 14.0. The zero-order valence-corrected chi connectivity index (χ0v) is 20.2. The molecule has 0 atom stereocenters. The van der Waals surface area contributed by atoms with E-state index in [-0.39, 0.29) is 0 Å². The van der Waals surface area contributed by atoms with Gasteiger partial charge in [-0.3, -0.25) is 0 Å². The van der Waals surface area contributed by atoms with Crippen LogP contribution in [0.3, 0.4) is 0 Å². The van der Waals surface area contributed by atoms with E-state index in [0.29, 0.717) is 0 Å². The van der Waals surface area contributed by atoms with Gasteiger partial charge in [-0.2, -0.15) is 0 Å². The number of hydrogen-bond donors (Lipinski definition) is 0. The predicted molar refractivity (Wildman–Crippen MR) is 134 cm³/mol. The van der Waals surface area contributed by atoms with Crippen molar-refractivity contribution in [1.82, 2.24) is 9.80 Å². The van der Waals surface area contributed by atoms with Crippen LogP contribution in [0.2, 0.25) is 0 Å². The largest absolute Gasteiger partial charge is 0.309 e. The summed E-state index contributed by atoms with van der Waals surface area (Å²) in [5.41, 5.74) is 2.60. The van der Waals surface area contributed by atoms with Crippen molar-refractivity contribution in [3.05, 3.63) is 60.7 Å². The molecule has 1 heterocycles. The van der Waals surface area contributed by atoms with Crippen LogP contribution in [-0.4, -0.2) is 62.6 Å². The molecular formula is C24H30N2S3. The highest BCUT2D eigenvalue weighted by atomic mass is 32.2. The number of hydrogen-bond acceptors (Lipinski definition) is 5. The van der Waals surface area contributed by atoms with Crippen molar-refractivity contribution in [1.29, 1.82) is 0 Å². The van der Waals surface area contributed by atoms with E-state index >= 15 is 0 Å². The minimum atomic E-state index is 1.10. The molecule has 3 rings (SSSR count). The summed E-state index contributed by atoms with van der Waals surface area (Å²) in [7, 11) is 8.48. The van der Waals surface area contributed by atoms with Crippen LogP contribution in [0.25, 0.3) is 20.9 Å². The molecule has 5 heteroatoms. The molecule has 1 aromatic heterocycles. The summed E-state index contributed by atoms with van der Waals surface area (Å²) in [6.07, 6.45) is 0. The van der Waals surface area contributed by atoms with E-state index in [9.17, 15) is 0 Å². The fourth-order valence-corrected chi connectivity index (χ4v) is 5.83. The summed E-state index contributed by atoms with van der Waals surface area (Å²) in [6, 6.07) is 22.5. The molecule has 0 aliphatic carbocycles. The Labute approximate surface area is 188 Å². The molecule has 0 N–H and O–H groups in total. The quantitative estimate of drug-likeness (QED) is 0.335. The second-order valence-electron chi connectivity index (χ2n) is 7.52. The molecule has 0 aliphatic rings. The molecule has 0 fully saturated rings. The summed E-state index contributed by atoms with van der Waals surface area (Å²) >= 11 is 5.71. The lowest BCUT2D eigenvalue weighted by Gasteiger charge is -2.09. The highest BCUT2D eigenvalue weighted by Gasteiger charge is 2.06. The van der Waals surface area contributed by atoms with Crippen LogP contribution in [0.15, 0.2) is 70.5 Å². The molecule has 0 radical (unpaired) electrons. The van der Waals surface area contributed by atoms with Crippen LogP contribution in [0, 0.1) is 0 Å². The van der Waals surface area contributed by atoms with Crippen molar-refractivity contribution < 1.29 is 0 Å². The Morgan fingerprint density at radius 1 is 0.586 bits per heavy atom. The van der Waals surface area contributed by atoms with Gasteiger partial charge in [-0.25, -0.2) is 0 Å². The monoisotopic (exact) mass is 442 g/mol. The molecule has 0 spiro atoms. The summed E-state index contributed by atoms with van der Waals surface area (Å²) < 4.78 is 0. The van der Waals surface area contributed by atoms with Gasteiger partial charge in [-0.1, -0.05) is 24.3 Å². The lowest BCUT2D eigenvalue weighted by molar-refractivity contribution is 0.437. The van der Waals surface area contributed by atoms with Gasteiger partial charge >= 0.3 is 0 Å². The fraction of sp³-hybridized carbons (Fsp3) is 0.333. The van der Waals surface area contributed by atoms with Crippen LogP contribution in [0.1, 0.15) is 0 Å². The van der Waals surface area contributed by atoms with Crippen LogP contribution < -0.4 is 0 Å². The molecule has 0 amide bonds. The molecule has 0 bridgehead atoms. The summed E-state index contributed by atoms with van der Waals surface area (Å²) in [6.45, 7) is 2.21. The smallest absolute Gasteiger partial charge is 0.0349 e. The predicted octanol–water partition coefficient (Wildman–Crippen LogP) is 6.39. The van der Waals surface area contributed by atoms with Crippen LogP contribution in [-0.2, 0) is 0 Å². The maximum Gasteiger partial charge on any atom is 0.0349 e. The van der Waals surface area contributed by atoms with Crippen molar-refractivity contribution in [3.8, 4) is 20.9 Å². The van der Waals surface area contributed by atoms with Crippen LogP contribution in [0.4, 0.5) is 0 Å². The summed E-state index contributed by atoms with van der Waals surface area (Å²) in [5.74, 6) is 2.25. The second kappa shape index (κ2) is 11.2. The van der Waals surface area contributed by atoms with Gasteiger partial charge in [0, 0.05) is 44.1 Å². The topological polar surface area (TPSA) is 6.48 Å². The van der Waals surface area contributed by atoms with Gasteiger partial charge < -0.3 is 9.80 Å². The minimum absolute atomic E-state index is 1.10. The van der Waals surface area contributed by atoms with Crippen molar-refractivity contribution in [2.45, 2.75) is 9.79 Å². The minimum Gasteiger partial charge on any atom is -0.309 e. The highest BCUT2D eigenvalue weighted by molar-refractivity contribution is 7.99. The lowest BCUT2D eigenvalue weighted by atomic mass is 10.1. The average Bonchev–Trinajstić information content (AvgIpc) is 3.19. The molecule has 2 nitrogen and oxygen atoms in total. The number of nitrogens with zero attached hydrogens (tertiary/aromatic N) is 2. The van der Waals surface area contributed by atoms with Crippen LogP contribution >= 0.6 is 34.9 Å². The van der Waals surface area contributed by atoms with Gasteiger partial charge in [0.15, 0.2) is 0 Å². The Bertz CT molecular complexity index is 796. The zero-order valence-electron chi connectivity index (χ0n) is 17.7. The van der Waals surface area contributed by atoms with Crippen molar-refractivity contribution in [2.75, 3.05) is 52.8 Å². The van der Waals surface area contributed by atoms with Crippen molar-refractivity contribution >= 4 is 34.9 Å². The van der Waals surface area contributed by atoms with E-state index in [4.69, 9.17) is 0 Å². The Balaban J connectivity index is 1.60. The second-order valence-corrected chi connectivity index (χ2v) is 10.9.